The van der Waals surface area contributed by atoms with Gasteiger partial charge in [0.05, 0.1) is 12.0 Å². The predicted molar refractivity (Wildman–Crippen MR) is 46.6 cm³/mol. The molecule has 2 heteroatoms. The van der Waals surface area contributed by atoms with Crippen LogP contribution < -0.4 is 0 Å². The topological polar surface area (TPSA) is 17.8 Å². The second-order valence-electron chi connectivity index (χ2n) is 2.92. The summed E-state index contributed by atoms with van der Waals surface area (Å²) in [5, 5.41) is 0. The van der Waals surface area contributed by atoms with E-state index in [9.17, 15) is 0 Å². The quantitative estimate of drug-likeness (QED) is 0.650. The minimum Gasteiger partial charge on any atom is -0.334 e. The molecule has 0 N–H and O–H groups in total. The lowest BCUT2D eigenvalue weighted by Crippen LogP contribution is -1.99. The number of aryl methyl sites for hydroxylation is 1. The number of rotatable bonds is 3. The molecular weight excluding hydrogens is 136 g/mol. The first-order valence-electron chi connectivity index (χ1n) is 4.30. The molecule has 2 nitrogen and oxygen atoms in total. The van der Waals surface area contributed by atoms with Crippen molar-refractivity contribution in [3.63, 3.8) is 0 Å². The highest BCUT2D eigenvalue weighted by atomic mass is 15.1. The molecule has 1 aromatic rings. The largest absolute Gasteiger partial charge is 0.334 e. The molecule has 0 aromatic carbocycles. The zero-order chi connectivity index (χ0) is 8.27. The van der Waals surface area contributed by atoms with Gasteiger partial charge in [-0.3, -0.25) is 0 Å². The lowest BCUT2D eigenvalue weighted by Gasteiger charge is -2.08. The predicted octanol–water partition coefficient (Wildman–Crippen LogP) is 2.42. The van der Waals surface area contributed by atoms with Crippen LogP contribution in [0, 0.1) is 0 Å². The van der Waals surface area contributed by atoms with Gasteiger partial charge in [-0.05, 0) is 19.8 Å². The van der Waals surface area contributed by atoms with Crippen LogP contribution in [0.3, 0.4) is 0 Å². The van der Waals surface area contributed by atoms with E-state index in [0.717, 1.165) is 6.42 Å². The molecule has 0 spiro atoms. The van der Waals surface area contributed by atoms with E-state index in [0.29, 0.717) is 6.04 Å². The first-order valence-corrected chi connectivity index (χ1v) is 4.30. The Morgan fingerprint density at radius 1 is 1.55 bits per heavy atom. The zero-order valence-electron chi connectivity index (χ0n) is 7.54. The molecule has 11 heavy (non-hydrogen) atoms. The third kappa shape index (κ3) is 1.82. The molecule has 0 amide bonds. The van der Waals surface area contributed by atoms with Crippen molar-refractivity contribution in [3.05, 3.63) is 18.2 Å². The molecule has 1 aromatic heterocycles. The number of nitrogens with zero attached hydrogens (tertiary/aromatic N) is 2. The third-order valence-corrected chi connectivity index (χ3v) is 2.12. The highest BCUT2D eigenvalue weighted by Crippen LogP contribution is 2.10. The van der Waals surface area contributed by atoms with Crippen molar-refractivity contribution in [1.82, 2.24) is 9.55 Å². The summed E-state index contributed by atoms with van der Waals surface area (Å²) >= 11 is 0. The van der Waals surface area contributed by atoms with Crippen molar-refractivity contribution in [2.45, 2.75) is 39.7 Å². The fraction of sp³-hybridized carbons (Fsp3) is 0.667. The Morgan fingerprint density at radius 3 is 2.73 bits per heavy atom. The third-order valence-electron chi connectivity index (χ3n) is 2.12. The molecule has 62 valence electrons. The minimum atomic E-state index is 0.586. The van der Waals surface area contributed by atoms with E-state index in [1.165, 1.54) is 12.1 Å². The van der Waals surface area contributed by atoms with Gasteiger partial charge < -0.3 is 4.57 Å². The summed E-state index contributed by atoms with van der Waals surface area (Å²) in [6, 6.07) is 0.586. The van der Waals surface area contributed by atoms with E-state index in [4.69, 9.17) is 0 Å². The molecule has 1 rings (SSSR count). The summed E-state index contributed by atoms with van der Waals surface area (Å²) in [6.45, 7) is 6.53. The second-order valence-corrected chi connectivity index (χ2v) is 2.92. The summed E-state index contributed by atoms with van der Waals surface area (Å²) in [5.41, 5.74) is 1.19. The molecule has 1 heterocycles. The van der Waals surface area contributed by atoms with E-state index in [1.807, 2.05) is 6.33 Å². The van der Waals surface area contributed by atoms with Crippen LogP contribution in [0.25, 0.3) is 0 Å². The smallest absolute Gasteiger partial charge is 0.0951 e. The Labute approximate surface area is 68.3 Å². The van der Waals surface area contributed by atoms with Gasteiger partial charge >= 0.3 is 0 Å². The Bertz CT molecular complexity index is 215. The van der Waals surface area contributed by atoms with Crippen molar-refractivity contribution in [2.75, 3.05) is 0 Å². The van der Waals surface area contributed by atoms with Gasteiger partial charge in [-0.15, -0.1) is 0 Å². The summed E-state index contributed by atoms with van der Waals surface area (Å²) in [5.74, 6) is 0. The van der Waals surface area contributed by atoms with E-state index in [1.54, 1.807) is 0 Å². The molecule has 1 unspecified atom stereocenters. The van der Waals surface area contributed by atoms with Gasteiger partial charge in [0.2, 0.25) is 0 Å². The second kappa shape index (κ2) is 3.56. The average molecular weight is 152 g/mol. The minimum absolute atomic E-state index is 0.586. The maximum absolute atomic E-state index is 4.27. The Kier molecular flexibility index (Phi) is 2.69. The lowest BCUT2D eigenvalue weighted by atomic mass is 10.2. The van der Waals surface area contributed by atoms with Gasteiger partial charge in [0.1, 0.15) is 0 Å². The van der Waals surface area contributed by atoms with Gasteiger partial charge in [0.15, 0.2) is 0 Å². The van der Waals surface area contributed by atoms with Crippen molar-refractivity contribution in [2.24, 2.45) is 0 Å². The van der Waals surface area contributed by atoms with Crippen molar-refractivity contribution >= 4 is 0 Å². The summed E-state index contributed by atoms with van der Waals surface area (Å²) in [4.78, 5) is 4.27. The fourth-order valence-electron chi connectivity index (χ4n) is 1.01. The normalized spacial score (nSPS) is 13.4. The average Bonchev–Trinajstić information content (AvgIpc) is 2.50. The van der Waals surface area contributed by atoms with Crippen LogP contribution in [0.1, 0.15) is 38.9 Å². The molecule has 0 aliphatic carbocycles. The SMILES string of the molecule is CCc1cn(C(C)CC)cn1. The summed E-state index contributed by atoms with van der Waals surface area (Å²) in [6.07, 6.45) is 6.25. The molecule has 0 fully saturated rings. The molecular formula is C9H16N2. The highest BCUT2D eigenvalue weighted by Gasteiger charge is 2.01. The summed E-state index contributed by atoms with van der Waals surface area (Å²) in [7, 11) is 0. The molecule has 0 aliphatic heterocycles. The van der Waals surface area contributed by atoms with Gasteiger partial charge in [-0.25, -0.2) is 4.98 Å². The maximum atomic E-state index is 4.27. The summed E-state index contributed by atoms with van der Waals surface area (Å²) < 4.78 is 2.18. The van der Waals surface area contributed by atoms with E-state index < -0.39 is 0 Å². The van der Waals surface area contributed by atoms with Gasteiger partial charge in [0.25, 0.3) is 0 Å². The monoisotopic (exact) mass is 152 g/mol. The molecule has 0 saturated heterocycles. The van der Waals surface area contributed by atoms with Crippen molar-refractivity contribution in [1.29, 1.82) is 0 Å². The highest BCUT2D eigenvalue weighted by molar-refractivity contribution is 4.96. The van der Waals surface area contributed by atoms with E-state index in [-0.39, 0.29) is 0 Å². The molecule has 1 atom stereocenters. The van der Waals surface area contributed by atoms with Crippen molar-refractivity contribution in [3.8, 4) is 0 Å². The first kappa shape index (κ1) is 8.31. The van der Waals surface area contributed by atoms with Gasteiger partial charge in [-0.1, -0.05) is 13.8 Å². The Morgan fingerprint density at radius 2 is 2.27 bits per heavy atom. The van der Waals surface area contributed by atoms with Crippen LogP contribution in [-0.4, -0.2) is 9.55 Å². The zero-order valence-corrected chi connectivity index (χ0v) is 7.54. The van der Waals surface area contributed by atoms with Gasteiger partial charge in [0, 0.05) is 12.2 Å². The molecule has 0 bridgehead atoms. The standard InChI is InChI=1S/C9H16N2/c1-4-8(3)11-6-9(5-2)10-7-11/h6-8H,4-5H2,1-3H3. The first-order chi connectivity index (χ1) is 5.27. The van der Waals surface area contributed by atoms with Crippen molar-refractivity contribution < 1.29 is 0 Å². The fourth-order valence-corrected chi connectivity index (χ4v) is 1.01. The number of imidazole rings is 1. The van der Waals surface area contributed by atoms with E-state index in [2.05, 4.69) is 36.5 Å². The lowest BCUT2D eigenvalue weighted by molar-refractivity contribution is 0.530. The maximum Gasteiger partial charge on any atom is 0.0951 e. The van der Waals surface area contributed by atoms with Crippen LogP contribution in [0.2, 0.25) is 0 Å². The van der Waals surface area contributed by atoms with Crippen LogP contribution in [0.15, 0.2) is 12.5 Å². The number of hydrogen-bond donors (Lipinski definition) is 0. The Hall–Kier alpha value is -0.790. The van der Waals surface area contributed by atoms with E-state index >= 15 is 0 Å². The Balaban J connectivity index is 2.71. The van der Waals surface area contributed by atoms with Crippen LogP contribution >= 0.6 is 0 Å². The van der Waals surface area contributed by atoms with Crippen LogP contribution in [0.5, 0.6) is 0 Å². The van der Waals surface area contributed by atoms with Gasteiger partial charge in [-0.2, -0.15) is 0 Å². The molecule has 0 radical (unpaired) electrons. The molecule has 0 saturated carbocycles. The van der Waals surface area contributed by atoms with Crippen LogP contribution in [-0.2, 0) is 6.42 Å². The number of aromatic nitrogens is 2. The van der Waals surface area contributed by atoms with Crippen LogP contribution in [0.4, 0.5) is 0 Å². The molecule has 0 aliphatic rings. The number of hydrogen-bond acceptors (Lipinski definition) is 1.